The molecule has 2 bridgehead atoms. The highest BCUT2D eigenvalue weighted by Gasteiger charge is 2.67. The molecule has 2 N–H and O–H groups in total. The van der Waals surface area contributed by atoms with Crippen LogP contribution in [0.25, 0.3) is 0 Å². The maximum absolute atomic E-state index is 14.9. The van der Waals surface area contributed by atoms with Crippen LogP contribution in [0.5, 0.6) is 5.75 Å². The van der Waals surface area contributed by atoms with Gasteiger partial charge in [-0.15, -0.1) is 0 Å². The summed E-state index contributed by atoms with van der Waals surface area (Å²) in [4.78, 5) is 14.9. The number of aliphatic hydroxyl groups is 2. The van der Waals surface area contributed by atoms with Gasteiger partial charge in [0.1, 0.15) is 30.4 Å². The number of rotatable bonds is 12. The van der Waals surface area contributed by atoms with Crippen molar-refractivity contribution in [1.29, 1.82) is 0 Å². The number of carbonyl (C=O) groups is 1. The summed E-state index contributed by atoms with van der Waals surface area (Å²) in [5.41, 5.74) is -2.43. The van der Waals surface area contributed by atoms with Gasteiger partial charge in [-0.3, -0.25) is 4.79 Å². The second-order valence-corrected chi connectivity index (χ2v) is 22.0. The molecular formula is C38H64O10Si. The van der Waals surface area contributed by atoms with E-state index in [1.54, 1.807) is 21.1 Å². The van der Waals surface area contributed by atoms with Crippen LogP contribution < -0.4 is 4.74 Å². The summed E-state index contributed by atoms with van der Waals surface area (Å²) in [5.74, 6) is -1.92. The Morgan fingerprint density at radius 1 is 1.06 bits per heavy atom. The number of ketones is 1. The number of Topliss-reactive ketones (excluding diaryl/α,β-unsaturated/α-hetero) is 1. The number of carbonyl (C=O) groups excluding carboxylic acids is 1. The molecule has 10 nitrogen and oxygen atoms in total. The quantitative estimate of drug-likeness (QED) is 0.190. The SMILES string of the molecule is COCO[C@H]1C(=O)[C@H](C)[C@@H]([C@@]2([C@@H](OCc3ccc(OC)cc3)[C@H](C)O)COC(C)(C)O2)C[C@H](O[Si](C)(C)C(C)(C)C)[C@@]2(O)CC[C@H]1C2(C)C. The summed E-state index contributed by atoms with van der Waals surface area (Å²) < 4.78 is 44.1. The van der Waals surface area contributed by atoms with E-state index in [0.29, 0.717) is 12.8 Å². The molecule has 0 spiro atoms. The number of benzene rings is 1. The van der Waals surface area contributed by atoms with Crippen LogP contribution in [0.2, 0.25) is 18.1 Å². The van der Waals surface area contributed by atoms with Crippen molar-refractivity contribution in [2.24, 2.45) is 23.2 Å². The fourth-order valence-corrected chi connectivity index (χ4v) is 9.70. The fourth-order valence-electron chi connectivity index (χ4n) is 8.34. The molecule has 280 valence electrons. The van der Waals surface area contributed by atoms with Gasteiger partial charge in [-0.1, -0.05) is 53.7 Å². The zero-order valence-electron chi connectivity index (χ0n) is 32.3. The maximum Gasteiger partial charge on any atom is 0.192 e. The molecule has 1 heterocycles. The molecule has 1 saturated heterocycles. The molecule has 2 aliphatic carbocycles. The summed E-state index contributed by atoms with van der Waals surface area (Å²) in [5, 5.41) is 24.4. The predicted molar refractivity (Wildman–Crippen MR) is 190 cm³/mol. The second-order valence-electron chi connectivity index (χ2n) is 17.3. The first-order valence-electron chi connectivity index (χ1n) is 17.9. The molecular weight excluding hydrogens is 644 g/mol. The molecule has 0 amide bonds. The monoisotopic (exact) mass is 708 g/mol. The normalized spacial score (nSPS) is 34.6. The van der Waals surface area contributed by atoms with Crippen molar-refractivity contribution in [3.8, 4) is 5.75 Å². The van der Waals surface area contributed by atoms with Crippen LogP contribution in [-0.2, 0) is 39.5 Å². The van der Waals surface area contributed by atoms with Crippen molar-refractivity contribution in [3.05, 3.63) is 29.8 Å². The molecule has 0 aromatic heterocycles. The topological polar surface area (TPSA) is 122 Å². The molecule has 9 atom stereocenters. The third-order valence-corrected chi connectivity index (χ3v) is 16.9. The van der Waals surface area contributed by atoms with Gasteiger partial charge in [0.2, 0.25) is 0 Å². The molecule has 1 aromatic rings. The molecule has 1 aliphatic heterocycles. The molecule has 2 saturated carbocycles. The molecule has 4 rings (SSSR count). The van der Waals surface area contributed by atoms with E-state index in [1.807, 2.05) is 58.9 Å². The Bertz CT molecular complexity index is 1270. The molecule has 3 aliphatic rings. The fraction of sp³-hybridized carbons (Fsp3) is 0.816. The minimum atomic E-state index is -2.47. The van der Waals surface area contributed by atoms with E-state index in [9.17, 15) is 15.0 Å². The molecule has 3 fully saturated rings. The van der Waals surface area contributed by atoms with Gasteiger partial charge in [0.25, 0.3) is 0 Å². The number of fused-ring (bicyclic) bond motifs is 2. The summed E-state index contributed by atoms with van der Waals surface area (Å²) in [6, 6.07) is 7.57. The van der Waals surface area contributed by atoms with Gasteiger partial charge in [-0.05, 0) is 75.9 Å². The first kappa shape index (κ1) is 40.4. The van der Waals surface area contributed by atoms with Gasteiger partial charge < -0.3 is 43.1 Å². The highest BCUT2D eigenvalue weighted by molar-refractivity contribution is 6.74. The molecule has 49 heavy (non-hydrogen) atoms. The number of ether oxygens (including phenoxy) is 6. The third kappa shape index (κ3) is 7.71. The van der Waals surface area contributed by atoms with Gasteiger partial charge in [-0.25, -0.2) is 0 Å². The minimum absolute atomic E-state index is 0.0538. The van der Waals surface area contributed by atoms with Gasteiger partial charge in [0.15, 0.2) is 19.9 Å². The van der Waals surface area contributed by atoms with Crippen molar-refractivity contribution >= 4 is 14.1 Å². The smallest absolute Gasteiger partial charge is 0.192 e. The average Bonchev–Trinajstić information content (AvgIpc) is 3.46. The van der Waals surface area contributed by atoms with Crippen LogP contribution in [0.3, 0.4) is 0 Å². The Hall–Kier alpha value is -1.41. The van der Waals surface area contributed by atoms with Crippen molar-refractivity contribution in [2.75, 3.05) is 27.6 Å². The van der Waals surface area contributed by atoms with E-state index in [1.165, 1.54) is 0 Å². The van der Waals surface area contributed by atoms with Gasteiger partial charge in [0, 0.05) is 30.3 Å². The Labute approximate surface area is 295 Å². The Balaban J connectivity index is 1.90. The number of aliphatic hydroxyl groups excluding tert-OH is 1. The summed E-state index contributed by atoms with van der Waals surface area (Å²) in [7, 11) is 0.689. The van der Waals surface area contributed by atoms with Crippen LogP contribution >= 0.6 is 0 Å². The highest BCUT2D eigenvalue weighted by Crippen LogP contribution is 2.59. The van der Waals surface area contributed by atoms with E-state index in [4.69, 9.17) is 32.8 Å². The molecule has 0 unspecified atom stereocenters. The first-order valence-corrected chi connectivity index (χ1v) is 20.8. The van der Waals surface area contributed by atoms with Crippen LogP contribution in [0.4, 0.5) is 0 Å². The number of hydrogen-bond donors (Lipinski definition) is 2. The van der Waals surface area contributed by atoms with E-state index >= 15 is 0 Å². The van der Waals surface area contributed by atoms with E-state index in [-0.39, 0.29) is 43.2 Å². The standard InChI is InChI=1S/C38H64O10Si/c1-24-29(37(22-46-36(8,9)48-37)33(25(2)39)44-21-26-14-16-27(43-11)17-15-26)20-30(47-49(12,13)34(3,4)5)38(41)19-18-28(35(38,6)7)32(31(24)40)45-23-42-10/h14-17,24-25,28-30,32-33,39,41H,18-23H2,1-13H3/t24-,25+,28-,29+,30+,32-,33+,37-,38+/m1/s1. The van der Waals surface area contributed by atoms with Gasteiger partial charge in [-0.2, -0.15) is 0 Å². The Morgan fingerprint density at radius 2 is 1.69 bits per heavy atom. The number of hydrogen-bond acceptors (Lipinski definition) is 10. The predicted octanol–water partition coefficient (Wildman–Crippen LogP) is 6.25. The molecule has 11 heteroatoms. The van der Waals surface area contributed by atoms with E-state index in [2.05, 4.69) is 33.9 Å². The number of methoxy groups -OCH3 is 2. The maximum atomic E-state index is 14.9. The van der Waals surface area contributed by atoms with Crippen LogP contribution in [-0.4, -0.2) is 93.3 Å². The van der Waals surface area contributed by atoms with E-state index < -0.39 is 67.0 Å². The Morgan fingerprint density at radius 3 is 2.20 bits per heavy atom. The Kier molecular flexibility index (Phi) is 12.0. The van der Waals surface area contributed by atoms with Crippen LogP contribution in [0, 0.1) is 23.2 Å². The van der Waals surface area contributed by atoms with Crippen LogP contribution in [0.1, 0.15) is 87.1 Å². The van der Waals surface area contributed by atoms with Crippen molar-refractivity contribution in [2.45, 2.75) is 148 Å². The first-order chi connectivity index (χ1) is 22.6. The molecule has 1 aromatic carbocycles. The highest BCUT2D eigenvalue weighted by atomic mass is 28.4. The van der Waals surface area contributed by atoms with Gasteiger partial charge in [0.05, 0.1) is 38.1 Å². The lowest BCUT2D eigenvalue weighted by Crippen LogP contribution is -2.62. The summed E-state index contributed by atoms with van der Waals surface area (Å²) in [6.45, 7) is 22.5. The lowest BCUT2D eigenvalue weighted by atomic mass is 9.66. The summed E-state index contributed by atoms with van der Waals surface area (Å²) >= 11 is 0. The van der Waals surface area contributed by atoms with Crippen molar-refractivity contribution in [3.63, 3.8) is 0 Å². The minimum Gasteiger partial charge on any atom is -0.497 e. The average molecular weight is 709 g/mol. The van der Waals surface area contributed by atoms with Crippen LogP contribution in [0.15, 0.2) is 24.3 Å². The third-order valence-electron chi connectivity index (χ3n) is 12.4. The summed E-state index contributed by atoms with van der Waals surface area (Å²) in [6.07, 6.45) is -2.02. The zero-order chi connectivity index (χ0) is 36.8. The zero-order valence-corrected chi connectivity index (χ0v) is 33.3. The van der Waals surface area contributed by atoms with Gasteiger partial charge >= 0.3 is 0 Å². The van der Waals surface area contributed by atoms with Crippen molar-refractivity contribution in [1.82, 2.24) is 0 Å². The largest absolute Gasteiger partial charge is 0.497 e. The second kappa shape index (κ2) is 14.5. The van der Waals surface area contributed by atoms with Crippen molar-refractivity contribution < 1.29 is 47.9 Å². The molecule has 0 radical (unpaired) electrons. The van der Waals surface area contributed by atoms with E-state index in [0.717, 1.165) is 11.3 Å². The lowest BCUT2D eigenvalue weighted by Gasteiger charge is -2.52. The lowest BCUT2D eigenvalue weighted by molar-refractivity contribution is -0.238.